The summed E-state index contributed by atoms with van der Waals surface area (Å²) in [7, 11) is 0. The van der Waals surface area contributed by atoms with Crippen LogP contribution in [0.3, 0.4) is 0 Å². The van der Waals surface area contributed by atoms with Crippen LogP contribution in [0.1, 0.15) is 25.8 Å². The average molecular weight is 332 g/mol. The second-order valence-electron chi connectivity index (χ2n) is 4.53. The molecule has 1 aromatic carbocycles. The minimum atomic E-state index is 0.254. The number of thioether (sulfide) groups is 1. The predicted molar refractivity (Wildman–Crippen MR) is 83.1 cm³/mol. The van der Waals surface area contributed by atoms with Crippen LogP contribution in [0.4, 0.5) is 0 Å². The van der Waals surface area contributed by atoms with Crippen LogP contribution < -0.4 is 5.32 Å². The van der Waals surface area contributed by atoms with Crippen molar-refractivity contribution in [3.05, 3.63) is 28.2 Å². The number of nitrogens with one attached hydrogen (secondary N) is 1. The zero-order valence-electron chi connectivity index (χ0n) is 11.1. The van der Waals surface area contributed by atoms with Crippen molar-refractivity contribution in [3.8, 4) is 0 Å². The Morgan fingerprint density at radius 1 is 1.44 bits per heavy atom. The van der Waals surface area contributed by atoms with Crippen molar-refractivity contribution in [2.75, 3.05) is 18.9 Å². The SMILES string of the molecule is CCCNCc1ccc(Br)cc1SCC(C)CO. The Morgan fingerprint density at radius 2 is 2.22 bits per heavy atom. The normalized spacial score (nSPS) is 12.7. The second kappa shape index (κ2) is 8.97. The minimum absolute atomic E-state index is 0.254. The van der Waals surface area contributed by atoms with Crippen LogP contribution in [0.15, 0.2) is 27.6 Å². The summed E-state index contributed by atoms with van der Waals surface area (Å²) in [6.07, 6.45) is 1.15. The molecule has 0 amide bonds. The third kappa shape index (κ3) is 5.74. The van der Waals surface area contributed by atoms with Gasteiger partial charge in [-0.15, -0.1) is 11.8 Å². The van der Waals surface area contributed by atoms with Gasteiger partial charge >= 0.3 is 0 Å². The highest BCUT2D eigenvalue weighted by Gasteiger charge is 2.07. The van der Waals surface area contributed by atoms with E-state index in [0.29, 0.717) is 5.92 Å². The van der Waals surface area contributed by atoms with Crippen LogP contribution in [0.2, 0.25) is 0 Å². The van der Waals surface area contributed by atoms with Gasteiger partial charge in [-0.25, -0.2) is 0 Å². The van der Waals surface area contributed by atoms with Crippen molar-refractivity contribution in [1.82, 2.24) is 5.32 Å². The van der Waals surface area contributed by atoms with Crippen LogP contribution in [-0.2, 0) is 6.54 Å². The standard InChI is InChI=1S/C14H22BrNOS/c1-3-6-16-8-12-4-5-13(15)7-14(12)18-10-11(2)9-17/h4-5,7,11,16-17H,3,6,8-10H2,1-2H3. The fraction of sp³-hybridized carbons (Fsp3) is 0.571. The highest BCUT2D eigenvalue weighted by molar-refractivity contribution is 9.10. The third-order valence-corrected chi connectivity index (χ3v) is 4.53. The molecule has 0 radical (unpaired) electrons. The average Bonchev–Trinajstić information content (AvgIpc) is 2.38. The van der Waals surface area contributed by atoms with E-state index >= 15 is 0 Å². The van der Waals surface area contributed by atoms with Crippen LogP contribution in [0.25, 0.3) is 0 Å². The first-order valence-electron chi connectivity index (χ1n) is 6.40. The summed E-state index contributed by atoms with van der Waals surface area (Å²) in [5.41, 5.74) is 1.33. The van der Waals surface area contributed by atoms with Gasteiger partial charge in [-0.05, 0) is 36.6 Å². The van der Waals surface area contributed by atoms with Crippen molar-refractivity contribution in [2.45, 2.75) is 31.7 Å². The van der Waals surface area contributed by atoms with Crippen LogP contribution in [-0.4, -0.2) is 24.0 Å². The second-order valence-corrected chi connectivity index (χ2v) is 6.51. The lowest BCUT2D eigenvalue weighted by Gasteiger charge is -2.12. The first-order valence-corrected chi connectivity index (χ1v) is 8.18. The molecule has 0 saturated carbocycles. The molecule has 18 heavy (non-hydrogen) atoms. The van der Waals surface area contributed by atoms with E-state index in [-0.39, 0.29) is 6.61 Å². The predicted octanol–water partition coefficient (Wildman–Crippen LogP) is 3.67. The molecule has 1 atom stereocenters. The van der Waals surface area contributed by atoms with Crippen molar-refractivity contribution in [1.29, 1.82) is 0 Å². The molecule has 0 heterocycles. The molecule has 2 N–H and O–H groups in total. The van der Waals surface area contributed by atoms with Gasteiger partial charge in [0.15, 0.2) is 0 Å². The molecule has 0 aromatic heterocycles. The molecule has 102 valence electrons. The first kappa shape index (κ1) is 16.0. The molecule has 0 aliphatic rings. The maximum absolute atomic E-state index is 9.08. The Morgan fingerprint density at radius 3 is 2.89 bits per heavy atom. The molecular weight excluding hydrogens is 310 g/mol. The van der Waals surface area contributed by atoms with E-state index in [1.165, 1.54) is 10.5 Å². The summed E-state index contributed by atoms with van der Waals surface area (Å²) in [5, 5.41) is 12.5. The fourth-order valence-electron chi connectivity index (χ4n) is 1.49. The smallest absolute Gasteiger partial charge is 0.0464 e. The third-order valence-electron chi connectivity index (χ3n) is 2.61. The molecule has 0 fully saturated rings. The minimum Gasteiger partial charge on any atom is -0.396 e. The van der Waals surface area contributed by atoms with Crippen molar-refractivity contribution in [3.63, 3.8) is 0 Å². The van der Waals surface area contributed by atoms with Gasteiger partial charge in [0, 0.05) is 28.3 Å². The summed E-state index contributed by atoms with van der Waals surface area (Å²) in [5.74, 6) is 1.29. The first-order chi connectivity index (χ1) is 8.67. The van der Waals surface area contributed by atoms with Gasteiger partial charge in [0.05, 0.1) is 0 Å². The van der Waals surface area contributed by atoms with Gasteiger partial charge in [0.25, 0.3) is 0 Å². The Kier molecular flexibility index (Phi) is 7.98. The molecular formula is C14H22BrNOS. The highest BCUT2D eigenvalue weighted by atomic mass is 79.9. The summed E-state index contributed by atoms with van der Waals surface area (Å²) < 4.78 is 1.11. The van der Waals surface area contributed by atoms with Gasteiger partial charge in [0.1, 0.15) is 0 Å². The van der Waals surface area contributed by atoms with Crippen LogP contribution in [0, 0.1) is 5.92 Å². The van der Waals surface area contributed by atoms with Gasteiger partial charge in [-0.1, -0.05) is 35.8 Å². The number of rotatable bonds is 8. The van der Waals surface area contributed by atoms with E-state index in [0.717, 1.165) is 29.7 Å². The van der Waals surface area contributed by atoms with Gasteiger partial charge in [-0.3, -0.25) is 0 Å². The topological polar surface area (TPSA) is 32.3 Å². The monoisotopic (exact) mass is 331 g/mol. The van der Waals surface area contributed by atoms with E-state index in [9.17, 15) is 0 Å². The lowest BCUT2D eigenvalue weighted by atomic mass is 10.2. The Balaban J connectivity index is 2.64. The summed E-state index contributed by atoms with van der Waals surface area (Å²) in [6.45, 7) is 6.46. The van der Waals surface area contributed by atoms with E-state index in [1.54, 1.807) is 0 Å². The largest absolute Gasteiger partial charge is 0.396 e. The number of benzene rings is 1. The number of aliphatic hydroxyl groups excluding tert-OH is 1. The summed E-state index contributed by atoms with van der Waals surface area (Å²) in [6, 6.07) is 6.42. The molecule has 0 bridgehead atoms. The number of halogens is 1. The Hall–Kier alpha value is -0.0300. The lowest BCUT2D eigenvalue weighted by Crippen LogP contribution is -2.14. The van der Waals surface area contributed by atoms with E-state index in [4.69, 9.17) is 5.11 Å². The molecule has 0 aliphatic heterocycles. The number of hydrogen-bond acceptors (Lipinski definition) is 3. The number of hydrogen-bond donors (Lipinski definition) is 2. The highest BCUT2D eigenvalue weighted by Crippen LogP contribution is 2.28. The van der Waals surface area contributed by atoms with Crippen LogP contribution in [0.5, 0.6) is 0 Å². The van der Waals surface area contributed by atoms with E-state index in [1.807, 2.05) is 11.8 Å². The maximum atomic E-state index is 9.08. The zero-order valence-corrected chi connectivity index (χ0v) is 13.5. The molecule has 4 heteroatoms. The summed E-state index contributed by atoms with van der Waals surface area (Å²) in [4.78, 5) is 1.30. The quantitative estimate of drug-likeness (QED) is 0.563. The lowest BCUT2D eigenvalue weighted by molar-refractivity contribution is 0.250. The molecule has 0 saturated heterocycles. The zero-order chi connectivity index (χ0) is 13.4. The summed E-state index contributed by atoms with van der Waals surface area (Å²) >= 11 is 5.34. The Labute approximate surface area is 123 Å². The molecule has 1 unspecified atom stereocenters. The molecule has 1 aromatic rings. The molecule has 1 rings (SSSR count). The van der Waals surface area contributed by atoms with Crippen molar-refractivity contribution >= 4 is 27.7 Å². The van der Waals surface area contributed by atoms with E-state index < -0.39 is 0 Å². The fourth-order valence-corrected chi connectivity index (χ4v) is 3.11. The van der Waals surface area contributed by atoms with Crippen LogP contribution >= 0.6 is 27.7 Å². The van der Waals surface area contributed by atoms with E-state index in [2.05, 4.69) is 53.3 Å². The number of aliphatic hydroxyl groups is 1. The van der Waals surface area contributed by atoms with Crippen molar-refractivity contribution < 1.29 is 5.11 Å². The van der Waals surface area contributed by atoms with Gasteiger partial charge < -0.3 is 10.4 Å². The van der Waals surface area contributed by atoms with Gasteiger partial charge in [-0.2, -0.15) is 0 Å². The molecule has 0 aliphatic carbocycles. The molecule has 2 nitrogen and oxygen atoms in total. The molecule has 0 spiro atoms. The van der Waals surface area contributed by atoms with Gasteiger partial charge in [0.2, 0.25) is 0 Å². The Bertz CT molecular complexity index is 360. The van der Waals surface area contributed by atoms with Crippen molar-refractivity contribution in [2.24, 2.45) is 5.92 Å². The maximum Gasteiger partial charge on any atom is 0.0464 e.